The summed E-state index contributed by atoms with van der Waals surface area (Å²) in [7, 11) is -4.20. The van der Waals surface area contributed by atoms with Crippen LogP contribution >= 0.6 is 11.6 Å². The van der Waals surface area contributed by atoms with E-state index in [4.69, 9.17) is 16.3 Å². The fourth-order valence-corrected chi connectivity index (χ4v) is 4.56. The predicted octanol–water partition coefficient (Wildman–Crippen LogP) is 6.57. The van der Waals surface area contributed by atoms with Crippen molar-refractivity contribution in [2.75, 3.05) is 10.0 Å². The van der Waals surface area contributed by atoms with Gasteiger partial charge in [-0.2, -0.15) is 13.2 Å². The minimum atomic E-state index is -4.74. The van der Waals surface area contributed by atoms with E-state index in [9.17, 15) is 26.4 Å². The number of hydrogen-bond acceptors (Lipinski definition) is 4. The lowest BCUT2D eigenvalue weighted by Gasteiger charge is -2.19. The number of benzene rings is 3. The summed E-state index contributed by atoms with van der Waals surface area (Å²) >= 11 is 5.58. The lowest BCUT2D eigenvalue weighted by Crippen LogP contribution is -2.32. The highest BCUT2D eigenvalue weighted by molar-refractivity contribution is 7.92. The Morgan fingerprint density at radius 2 is 1.67 bits per heavy atom. The van der Waals surface area contributed by atoms with E-state index < -0.39 is 38.8 Å². The quantitative estimate of drug-likeness (QED) is 0.338. The maximum atomic E-state index is 13.1. The number of hydrogen-bond donors (Lipinski definition) is 2. The first-order valence-corrected chi connectivity index (χ1v) is 12.7. The highest BCUT2D eigenvalue weighted by Crippen LogP contribution is 2.36. The Balaban J connectivity index is 1.71. The average molecular weight is 541 g/mol. The van der Waals surface area contributed by atoms with Gasteiger partial charge in [-0.25, -0.2) is 8.42 Å². The van der Waals surface area contributed by atoms with Crippen LogP contribution in [0.2, 0.25) is 5.02 Å². The number of rotatable bonds is 8. The van der Waals surface area contributed by atoms with Crippen LogP contribution in [0.25, 0.3) is 0 Å². The van der Waals surface area contributed by atoms with Crippen LogP contribution in [0.3, 0.4) is 0 Å². The molecule has 0 spiro atoms. The van der Waals surface area contributed by atoms with Crippen molar-refractivity contribution in [2.45, 2.75) is 44.4 Å². The molecule has 11 heteroatoms. The standard InChI is InChI=1S/C25H24ClF3N2O4S/c1-4-22(35-23-7-5-6-15(2)16(23)3)24(32)30-17-8-11-19(12-9-17)36(33,34)31-18-10-13-21(26)20(14-18)25(27,28)29/h5-14,22,31H,4H2,1-3H3,(H,30,32)/t22-/m0/s1. The van der Waals surface area contributed by atoms with Gasteiger partial charge in [0.15, 0.2) is 6.10 Å². The van der Waals surface area contributed by atoms with Crippen LogP contribution < -0.4 is 14.8 Å². The Hall–Kier alpha value is -3.24. The molecule has 2 N–H and O–H groups in total. The van der Waals surface area contributed by atoms with Gasteiger partial charge < -0.3 is 10.1 Å². The number of alkyl halides is 3. The van der Waals surface area contributed by atoms with E-state index in [0.717, 1.165) is 23.3 Å². The first-order chi connectivity index (χ1) is 16.8. The number of anilines is 2. The Bertz CT molecular complexity index is 1360. The Morgan fingerprint density at radius 1 is 1.03 bits per heavy atom. The second-order valence-electron chi connectivity index (χ2n) is 8.02. The topological polar surface area (TPSA) is 84.5 Å². The lowest BCUT2D eigenvalue weighted by molar-refractivity contribution is -0.137. The molecule has 0 saturated carbocycles. The van der Waals surface area contributed by atoms with Crippen LogP contribution in [0.4, 0.5) is 24.5 Å². The monoisotopic (exact) mass is 540 g/mol. The minimum Gasteiger partial charge on any atom is -0.480 e. The summed E-state index contributed by atoms with van der Waals surface area (Å²) in [4.78, 5) is 12.5. The van der Waals surface area contributed by atoms with Crippen molar-refractivity contribution in [3.8, 4) is 5.75 Å². The van der Waals surface area contributed by atoms with Gasteiger partial charge in [-0.05, 0) is 79.9 Å². The number of aryl methyl sites for hydroxylation is 1. The minimum absolute atomic E-state index is 0.206. The van der Waals surface area contributed by atoms with Crippen molar-refractivity contribution in [1.29, 1.82) is 0 Å². The fourth-order valence-electron chi connectivity index (χ4n) is 3.29. The highest BCUT2D eigenvalue weighted by Gasteiger charge is 2.33. The molecule has 6 nitrogen and oxygen atoms in total. The number of halogens is 4. The molecule has 3 aromatic rings. The second kappa shape index (κ2) is 10.8. The predicted molar refractivity (Wildman–Crippen MR) is 133 cm³/mol. The number of nitrogens with one attached hydrogen (secondary N) is 2. The fraction of sp³-hybridized carbons (Fsp3) is 0.240. The summed E-state index contributed by atoms with van der Waals surface area (Å²) in [5.74, 6) is 0.188. The number of sulfonamides is 1. The summed E-state index contributed by atoms with van der Waals surface area (Å²) < 4.78 is 72.5. The molecule has 0 radical (unpaired) electrons. The van der Waals surface area contributed by atoms with E-state index in [1.54, 1.807) is 13.0 Å². The SMILES string of the molecule is CC[C@H](Oc1cccc(C)c1C)C(=O)Nc1ccc(S(=O)(=O)Nc2ccc(Cl)c(C(F)(F)F)c2)cc1. The van der Waals surface area contributed by atoms with Gasteiger partial charge in [0, 0.05) is 11.4 Å². The van der Waals surface area contributed by atoms with E-state index in [-0.39, 0.29) is 10.6 Å². The van der Waals surface area contributed by atoms with Gasteiger partial charge in [0.2, 0.25) is 0 Å². The molecule has 0 aliphatic heterocycles. The summed E-state index contributed by atoms with van der Waals surface area (Å²) in [6, 6.07) is 13.5. The van der Waals surface area contributed by atoms with Gasteiger partial charge in [0.05, 0.1) is 15.5 Å². The molecule has 1 atom stereocenters. The third kappa shape index (κ3) is 6.50. The van der Waals surface area contributed by atoms with Crippen LogP contribution in [0.1, 0.15) is 30.0 Å². The van der Waals surface area contributed by atoms with Crippen molar-refractivity contribution in [3.05, 3.63) is 82.4 Å². The molecule has 0 aliphatic rings. The van der Waals surface area contributed by atoms with Gasteiger partial charge in [-0.3, -0.25) is 9.52 Å². The summed E-state index contributed by atoms with van der Waals surface area (Å²) in [6.07, 6.45) is -5.11. The zero-order valence-electron chi connectivity index (χ0n) is 19.6. The molecule has 0 heterocycles. The number of carbonyl (C=O) groups is 1. The molecule has 0 saturated heterocycles. The van der Waals surface area contributed by atoms with E-state index in [1.807, 2.05) is 26.0 Å². The van der Waals surface area contributed by atoms with E-state index in [0.29, 0.717) is 23.9 Å². The smallest absolute Gasteiger partial charge is 0.417 e. The van der Waals surface area contributed by atoms with Crippen LogP contribution in [-0.2, 0) is 21.0 Å². The molecule has 1 amide bonds. The lowest BCUT2D eigenvalue weighted by atomic mass is 10.1. The van der Waals surface area contributed by atoms with Gasteiger partial charge in [-0.15, -0.1) is 0 Å². The second-order valence-corrected chi connectivity index (χ2v) is 10.1. The van der Waals surface area contributed by atoms with Crippen molar-refractivity contribution in [3.63, 3.8) is 0 Å². The Labute approximate surface area is 212 Å². The molecule has 192 valence electrons. The third-order valence-electron chi connectivity index (χ3n) is 5.44. The number of amides is 1. The molecule has 0 aromatic heterocycles. The first-order valence-electron chi connectivity index (χ1n) is 10.8. The molecule has 0 unspecified atom stereocenters. The van der Waals surface area contributed by atoms with Gasteiger partial charge >= 0.3 is 6.18 Å². The van der Waals surface area contributed by atoms with Crippen molar-refractivity contribution >= 4 is 38.9 Å². The Morgan fingerprint density at radius 3 is 2.28 bits per heavy atom. The zero-order valence-corrected chi connectivity index (χ0v) is 21.2. The van der Waals surface area contributed by atoms with Gasteiger partial charge in [-0.1, -0.05) is 30.7 Å². The van der Waals surface area contributed by atoms with Gasteiger partial charge in [0.25, 0.3) is 15.9 Å². The normalized spacial score (nSPS) is 12.6. The number of carbonyl (C=O) groups excluding carboxylic acids is 1. The van der Waals surface area contributed by atoms with Gasteiger partial charge in [0.1, 0.15) is 5.75 Å². The number of ether oxygens (including phenoxy) is 1. The van der Waals surface area contributed by atoms with Crippen molar-refractivity contribution in [1.82, 2.24) is 0 Å². The van der Waals surface area contributed by atoms with E-state index in [2.05, 4.69) is 10.0 Å². The highest BCUT2D eigenvalue weighted by atomic mass is 35.5. The zero-order chi connectivity index (χ0) is 26.7. The Kier molecular flexibility index (Phi) is 8.20. The molecular formula is C25H24ClF3N2O4S. The van der Waals surface area contributed by atoms with E-state index >= 15 is 0 Å². The first kappa shape index (κ1) is 27.3. The molecular weight excluding hydrogens is 517 g/mol. The summed E-state index contributed by atoms with van der Waals surface area (Å²) in [5.41, 5.74) is 0.831. The van der Waals surface area contributed by atoms with Crippen LogP contribution in [0.5, 0.6) is 5.75 Å². The molecule has 0 aliphatic carbocycles. The summed E-state index contributed by atoms with van der Waals surface area (Å²) in [6.45, 7) is 5.64. The molecule has 36 heavy (non-hydrogen) atoms. The van der Waals surface area contributed by atoms with Crippen LogP contribution in [0.15, 0.2) is 65.6 Å². The van der Waals surface area contributed by atoms with Crippen LogP contribution in [-0.4, -0.2) is 20.4 Å². The molecule has 3 aromatic carbocycles. The maximum Gasteiger partial charge on any atom is 0.417 e. The van der Waals surface area contributed by atoms with Crippen LogP contribution in [0, 0.1) is 13.8 Å². The van der Waals surface area contributed by atoms with Crippen molar-refractivity contribution < 1.29 is 31.1 Å². The molecule has 3 rings (SSSR count). The molecule has 0 fully saturated rings. The maximum absolute atomic E-state index is 13.1. The van der Waals surface area contributed by atoms with Crippen molar-refractivity contribution in [2.24, 2.45) is 0 Å². The van der Waals surface area contributed by atoms with E-state index in [1.165, 1.54) is 24.3 Å². The summed E-state index contributed by atoms with van der Waals surface area (Å²) in [5, 5.41) is 2.14. The average Bonchev–Trinajstić information content (AvgIpc) is 2.80. The molecule has 0 bridgehead atoms. The third-order valence-corrected chi connectivity index (χ3v) is 7.17. The largest absolute Gasteiger partial charge is 0.480 e.